The SMILES string of the molecule is CC(CN1CCC(Cc2ccccc2)CC1)c1ccccc1.O=C(O)C(=O)O. The van der Waals surface area contributed by atoms with Gasteiger partial charge in [0, 0.05) is 6.54 Å². The normalized spacial score (nSPS) is 15.9. The predicted molar refractivity (Wildman–Crippen MR) is 109 cm³/mol. The van der Waals surface area contributed by atoms with Gasteiger partial charge in [0.1, 0.15) is 0 Å². The molecule has 2 aromatic rings. The monoisotopic (exact) mass is 383 g/mol. The summed E-state index contributed by atoms with van der Waals surface area (Å²) >= 11 is 0. The van der Waals surface area contributed by atoms with E-state index in [2.05, 4.69) is 72.5 Å². The van der Waals surface area contributed by atoms with Crippen LogP contribution in [-0.4, -0.2) is 46.7 Å². The highest BCUT2D eigenvalue weighted by atomic mass is 16.4. The first-order valence-corrected chi connectivity index (χ1v) is 9.73. The minimum Gasteiger partial charge on any atom is -0.473 e. The summed E-state index contributed by atoms with van der Waals surface area (Å²) in [5.41, 5.74) is 2.97. The van der Waals surface area contributed by atoms with E-state index in [9.17, 15) is 0 Å². The van der Waals surface area contributed by atoms with Crippen LogP contribution in [0.2, 0.25) is 0 Å². The van der Waals surface area contributed by atoms with Gasteiger partial charge in [-0.1, -0.05) is 67.6 Å². The first-order valence-electron chi connectivity index (χ1n) is 9.73. The van der Waals surface area contributed by atoms with E-state index in [0.29, 0.717) is 5.92 Å². The molecule has 1 saturated heterocycles. The molecule has 1 fully saturated rings. The summed E-state index contributed by atoms with van der Waals surface area (Å²) in [6.07, 6.45) is 3.94. The van der Waals surface area contributed by atoms with E-state index in [1.54, 1.807) is 0 Å². The summed E-state index contributed by atoms with van der Waals surface area (Å²) in [5.74, 6) is -2.15. The maximum absolute atomic E-state index is 9.10. The van der Waals surface area contributed by atoms with Crippen molar-refractivity contribution >= 4 is 11.9 Å². The highest BCUT2D eigenvalue weighted by molar-refractivity contribution is 6.27. The van der Waals surface area contributed by atoms with E-state index >= 15 is 0 Å². The number of hydrogen-bond donors (Lipinski definition) is 2. The number of nitrogens with zero attached hydrogens (tertiary/aromatic N) is 1. The summed E-state index contributed by atoms with van der Waals surface area (Å²) in [6.45, 7) is 6.07. The van der Waals surface area contributed by atoms with E-state index in [-0.39, 0.29) is 0 Å². The van der Waals surface area contributed by atoms with Gasteiger partial charge in [-0.05, 0) is 55.3 Å². The lowest BCUT2D eigenvalue weighted by atomic mass is 9.89. The Morgan fingerprint density at radius 2 is 1.43 bits per heavy atom. The molecule has 0 amide bonds. The Kier molecular flexibility index (Phi) is 8.69. The zero-order chi connectivity index (χ0) is 20.4. The van der Waals surface area contributed by atoms with Crippen molar-refractivity contribution in [3.63, 3.8) is 0 Å². The Morgan fingerprint density at radius 1 is 0.929 bits per heavy atom. The molecule has 1 aliphatic heterocycles. The maximum atomic E-state index is 9.10. The molecular weight excluding hydrogens is 354 g/mol. The Morgan fingerprint density at radius 3 is 1.93 bits per heavy atom. The standard InChI is InChI=1S/C21H27N.C2H2O4/c1-18(21-10-6-3-7-11-21)17-22-14-12-20(13-15-22)16-19-8-4-2-5-9-19;3-1(4)2(5)6/h2-11,18,20H,12-17H2,1H3;(H,3,4)(H,5,6). The molecule has 0 saturated carbocycles. The number of carboxylic acids is 2. The third-order valence-corrected chi connectivity index (χ3v) is 5.16. The lowest BCUT2D eigenvalue weighted by Crippen LogP contribution is -2.36. The second kappa shape index (κ2) is 11.2. The van der Waals surface area contributed by atoms with Gasteiger partial charge in [0.15, 0.2) is 0 Å². The number of piperidine rings is 1. The molecular formula is C23H29NO4. The van der Waals surface area contributed by atoms with Gasteiger partial charge < -0.3 is 15.1 Å². The summed E-state index contributed by atoms with van der Waals surface area (Å²) in [7, 11) is 0. The van der Waals surface area contributed by atoms with Crippen molar-refractivity contribution in [3.05, 3.63) is 71.8 Å². The molecule has 2 N–H and O–H groups in total. The van der Waals surface area contributed by atoms with E-state index in [1.165, 1.54) is 50.0 Å². The zero-order valence-electron chi connectivity index (χ0n) is 16.3. The van der Waals surface area contributed by atoms with E-state index < -0.39 is 11.9 Å². The molecule has 0 spiro atoms. The molecule has 1 heterocycles. The molecule has 5 nitrogen and oxygen atoms in total. The quantitative estimate of drug-likeness (QED) is 0.766. The molecule has 2 aromatic carbocycles. The second-order valence-corrected chi connectivity index (χ2v) is 7.36. The smallest absolute Gasteiger partial charge is 0.414 e. The van der Waals surface area contributed by atoms with Crippen LogP contribution in [0.4, 0.5) is 0 Å². The molecule has 0 aromatic heterocycles. The van der Waals surface area contributed by atoms with Crippen molar-refractivity contribution in [2.75, 3.05) is 19.6 Å². The highest BCUT2D eigenvalue weighted by Gasteiger charge is 2.21. The van der Waals surface area contributed by atoms with Gasteiger partial charge in [-0.25, -0.2) is 9.59 Å². The van der Waals surface area contributed by atoms with Crippen LogP contribution in [0.1, 0.15) is 36.8 Å². The third kappa shape index (κ3) is 7.53. The summed E-state index contributed by atoms with van der Waals surface area (Å²) in [4.78, 5) is 20.9. The number of carbonyl (C=O) groups is 2. The van der Waals surface area contributed by atoms with Crippen LogP contribution in [0.15, 0.2) is 60.7 Å². The van der Waals surface area contributed by atoms with E-state index in [4.69, 9.17) is 19.8 Å². The first kappa shape index (κ1) is 21.6. The fourth-order valence-corrected chi connectivity index (χ4v) is 3.59. The molecule has 0 aliphatic carbocycles. The van der Waals surface area contributed by atoms with Crippen molar-refractivity contribution in [2.24, 2.45) is 5.92 Å². The summed E-state index contributed by atoms with van der Waals surface area (Å²) in [5, 5.41) is 14.8. The van der Waals surface area contributed by atoms with Crippen LogP contribution < -0.4 is 0 Å². The van der Waals surface area contributed by atoms with Gasteiger partial charge >= 0.3 is 11.9 Å². The lowest BCUT2D eigenvalue weighted by molar-refractivity contribution is -0.159. The van der Waals surface area contributed by atoms with Crippen molar-refractivity contribution in [1.82, 2.24) is 4.90 Å². The van der Waals surface area contributed by atoms with Gasteiger partial charge in [0.05, 0.1) is 0 Å². The van der Waals surface area contributed by atoms with Gasteiger partial charge in [-0.3, -0.25) is 0 Å². The Balaban J connectivity index is 0.000000409. The highest BCUT2D eigenvalue weighted by Crippen LogP contribution is 2.24. The van der Waals surface area contributed by atoms with Gasteiger partial charge in [0.2, 0.25) is 0 Å². The third-order valence-electron chi connectivity index (χ3n) is 5.16. The minimum absolute atomic E-state index is 0.631. The van der Waals surface area contributed by atoms with Crippen LogP contribution in [0, 0.1) is 5.92 Å². The van der Waals surface area contributed by atoms with Crippen LogP contribution >= 0.6 is 0 Å². The number of hydrogen-bond acceptors (Lipinski definition) is 3. The van der Waals surface area contributed by atoms with E-state index in [1.807, 2.05) is 0 Å². The average molecular weight is 383 g/mol. The van der Waals surface area contributed by atoms with Crippen molar-refractivity contribution < 1.29 is 19.8 Å². The van der Waals surface area contributed by atoms with Gasteiger partial charge in [0.25, 0.3) is 0 Å². The Labute approximate surface area is 166 Å². The van der Waals surface area contributed by atoms with Crippen LogP contribution in [0.5, 0.6) is 0 Å². The van der Waals surface area contributed by atoms with Crippen LogP contribution in [0.25, 0.3) is 0 Å². The van der Waals surface area contributed by atoms with Crippen molar-refractivity contribution in [2.45, 2.75) is 32.1 Å². The number of aliphatic carboxylic acids is 2. The van der Waals surface area contributed by atoms with Gasteiger partial charge in [-0.2, -0.15) is 0 Å². The zero-order valence-corrected chi connectivity index (χ0v) is 16.3. The predicted octanol–water partition coefficient (Wildman–Crippen LogP) is 3.90. The Bertz CT molecular complexity index is 713. The first-order chi connectivity index (χ1) is 13.5. The molecule has 0 radical (unpaired) electrons. The molecule has 28 heavy (non-hydrogen) atoms. The molecule has 1 atom stereocenters. The molecule has 3 rings (SSSR count). The van der Waals surface area contributed by atoms with E-state index in [0.717, 1.165) is 5.92 Å². The molecule has 0 bridgehead atoms. The number of rotatable bonds is 5. The fourth-order valence-electron chi connectivity index (χ4n) is 3.59. The fraction of sp³-hybridized carbons (Fsp3) is 0.391. The lowest BCUT2D eigenvalue weighted by Gasteiger charge is -2.33. The molecule has 150 valence electrons. The summed E-state index contributed by atoms with van der Waals surface area (Å²) < 4.78 is 0. The number of likely N-dealkylation sites (tertiary alicyclic amines) is 1. The van der Waals surface area contributed by atoms with Crippen LogP contribution in [0.3, 0.4) is 0 Å². The minimum atomic E-state index is -1.82. The van der Waals surface area contributed by atoms with Gasteiger partial charge in [-0.15, -0.1) is 0 Å². The largest absolute Gasteiger partial charge is 0.473 e. The maximum Gasteiger partial charge on any atom is 0.414 e. The van der Waals surface area contributed by atoms with Crippen LogP contribution in [-0.2, 0) is 16.0 Å². The summed E-state index contributed by atoms with van der Waals surface area (Å²) in [6, 6.07) is 21.9. The molecule has 1 aliphatic rings. The second-order valence-electron chi connectivity index (χ2n) is 7.36. The number of carboxylic acid groups (broad SMARTS) is 2. The Hall–Kier alpha value is -2.66. The average Bonchev–Trinajstić information content (AvgIpc) is 2.71. The topological polar surface area (TPSA) is 77.8 Å². The number of benzene rings is 2. The van der Waals surface area contributed by atoms with Crippen molar-refractivity contribution in [3.8, 4) is 0 Å². The molecule has 5 heteroatoms. The van der Waals surface area contributed by atoms with Crippen molar-refractivity contribution in [1.29, 1.82) is 0 Å². The molecule has 1 unspecified atom stereocenters.